The van der Waals surface area contributed by atoms with Gasteiger partial charge in [0.15, 0.2) is 11.5 Å². The standard InChI is InChI=1S/C9H6F3NO2/c10-9(11,12)6-1-2-7(14)8(15)5(6)3-4-13/h1-2,14-15H,3H2. The first-order valence-corrected chi connectivity index (χ1v) is 3.86. The molecule has 1 rings (SSSR count). The number of benzene rings is 1. The maximum absolute atomic E-state index is 12.4. The summed E-state index contributed by atoms with van der Waals surface area (Å²) >= 11 is 0. The van der Waals surface area contributed by atoms with Crippen LogP contribution in [0.5, 0.6) is 11.5 Å². The van der Waals surface area contributed by atoms with Gasteiger partial charge in [-0.1, -0.05) is 0 Å². The lowest BCUT2D eigenvalue weighted by molar-refractivity contribution is -0.138. The topological polar surface area (TPSA) is 64.2 Å². The van der Waals surface area contributed by atoms with Crippen molar-refractivity contribution in [2.24, 2.45) is 0 Å². The van der Waals surface area contributed by atoms with Crippen molar-refractivity contribution >= 4 is 0 Å². The summed E-state index contributed by atoms with van der Waals surface area (Å²) in [5.74, 6) is -1.57. The molecule has 0 amide bonds. The van der Waals surface area contributed by atoms with Crippen molar-refractivity contribution in [1.29, 1.82) is 5.26 Å². The van der Waals surface area contributed by atoms with Gasteiger partial charge in [-0.25, -0.2) is 0 Å². The van der Waals surface area contributed by atoms with E-state index in [0.29, 0.717) is 6.07 Å². The van der Waals surface area contributed by atoms with Crippen molar-refractivity contribution in [3.05, 3.63) is 23.3 Å². The molecule has 0 heterocycles. The van der Waals surface area contributed by atoms with Gasteiger partial charge in [0.1, 0.15) is 0 Å². The minimum absolute atomic E-state index is 0.606. The second-order valence-corrected chi connectivity index (χ2v) is 2.79. The van der Waals surface area contributed by atoms with Gasteiger partial charge in [0.2, 0.25) is 0 Å². The van der Waals surface area contributed by atoms with Gasteiger partial charge < -0.3 is 10.2 Å². The molecule has 80 valence electrons. The number of aromatic hydroxyl groups is 2. The normalized spacial score (nSPS) is 11.1. The Morgan fingerprint density at radius 1 is 1.27 bits per heavy atom. The molecule has 2 N–H and O–H groups in total. The second kappa shape index (κ2) is 3.69. The Bertz CT molecular complexity index is 421. The van der Waals surface area contributed by atoms with Gasteiger partial charge in [0.25, 0.3) is 0 Å². The summed E-state index contributed by atoms with van der Waals surface area (Å²) in [6, 6.07) is 2.86. The van der Waals surface area contributed by atoms with Crippen LogP contribution in [0, 0.1) is 11.3 Å². The van der Waals surface area contributed by atoms with Crippen molar-refractivity contribution in [1.82, 2.24) is 0 Å². The zero-order valence-corrected chi connectivity index (χ0v) is 7.34. The first kappa shape index (κ1) is 11.2. The van der Waals surface area contributed by atoms with Gasteiger partial charge in [0, 0.05) is 5.56 Å². The quantitative estimate of drug-likeness (QED) is 0.708. The molecule has 0 radical (unpaired) electrons. The first-order valence-electron chi connectivity index (χ1n) is 3.86. The van der Waals surface area contributed by atoms with Crippen molar-refractivity contribution in [2.75, 3.05) is 0 Å². The predicted molar refractivity (Wildman–Crippen MR) is 44.1 cm³/mol. The highest BCUT2D eigenvalue weighted by Crippen LogP contribution is 2.39. The Morgan fingerprint density at radius 3 is 2.33 bits per heavy atom. The molecule has 0 fully saturated rings. The Balaban J connectivity index is 3.41. The van der Waals surface area contributed by atoms with E-state index in [1.165, 1.54) is 6.07 Å². The van der Waals surface area contributed by atoms with E-state index < -0.39 is 35.2 Å². The summed E-state index contributed by atoms with van der Waals surface area (Å²) in [6.45, 7) is 0. The number of hydrogen-bond acceptors (Lipinski definition) is 3. The van der Waals surface area contributed by atoms with Gasteiger partial charge in [-0.15, -0.1) is 0 Å². The molecule has 0 saturated heterocycles. The molecule has 1 aromatic rings. The van der Waals surface area contributed by atoms with E-state index in [9.17, 15) is 18.3 Å². The first-order chi connectivity index (χ1) is 6.88. The zero-order valence-electron chi connectivity index (χ0n) is 7.34. The fourth-order valence-corrected chi connectivity index (χ4v) is 1.15. The molecule has 0 aliphatic heterocycles. The van der Waals surface area contributed by atoms with Gasteiger partial charge in [-0.2, -0.15) is 18.4 Å². The van der Waals surface area contributed by atoms with Crippen LogP contribution in [0.2, 0.25) is 0 Å². The van der Waals surface area contributed by atoms with Crippen LogP contribution < -0.4 is 0 Å². The fourth-order valence-electron chi connectivity index (χ4n) is 1.15. The number of nitrogens with zero attached hydrogens (tertiary/aromatic N) is 1. The van der Waals surface area contributed by atoms with Crippen LogP contribution in [0.1, 0.15) is 11.1 Å². The highest BCUT2D eigenvalue weighted by Gasteiger charge is 2.35. The number of halogens is 3. The van der Waals surface area contributed by atoms with E-state index in [1.807, 2.05) is 0 Å². The van der Waals surface area contributed by atoms with Crippen LogP contribution in [-0.2, 0) is 12.6 Å². The molecule has 3 nitrogen and oxygen atoms in total. The molecule has 0 saturated carbocycles. The minimum Gasteiger partial charge on any atom is -0.504 e. The molecule has 0 unspecified atom stereocenters. The summed E-state index contributed by atoms with van der Waals surface area (Å²) in [5, 5.41) is 26.5. The van der Waals surface area contributed by atoms with Crippen molar-refractivity contribution in [3.63, 3.8) is 0 Å². The number of phenols is 2. The molecule has 0 bridgehead atoms. The van der Waals surface area contributed by atoms with Crippen molar-refractivity contribution < 1.29 is 23.4 Å². The molecule has 15 heavy (non-hydrogen) atoms. The van der Waals surface area contributed by atoms with E-state index in [0.717, 1.165) is 6.07 Å². The summed E-state index contributed by atoms with van der Waals surface area (Å²) in [7, 11) is 0. The number of phenolic OH excluding ortho intramolecular Hbond substituents is 2. The smallest absolute Gasteiger partial charge is 0.416 e. The van der Waals surface area contributed by atoms with Crippen LogP contribution in [0.15, 0.2) is 12.1 Å². The van der Waals surface area contributed by atoms with E-state index in [4.69, 9.17) is 10.4 Å². The Morgan fingerprint density at radius 2 is 1.87 bits per heavy atom. The largest absolute Gasteiger partial charge is 0.504 e. The second-order valence-electron chi connectivity index (χ2n) is 2.79. The number of hydrogen-bond donors (Lipinski definition) is 2. The maximum Gasteiger partial charge on any atom is 0.416 e. The van der Waals surface area contributed by atoms with Gasteiger partial charge in [-0.05, 0) is 12.1 Å². The van der Waals surface area contributed by atoms with Gasteiger partial charge in [0.05, 0.1) is 18.1 Å². The molecule has 0 aliphatic carbocycles. The average Bonchev–Trinajstić information content (AvgIpc) is 2.11. The highest BCUT2D eigenvalue weighted by atomic mass is 19.4. The average molecular weight is 217 g/mol. The molecule has 0 aliphatic rings. The minimum atomic E-state index is -4.66. The Kier molecular flexibility index (Phi) is 2.75. The van der Waals surface area contributed by atoms with Gasteiger partial charge in [-0.3, -0.25) is 0 Å². The molecular formula is C9H6F3NO2. The Hall–Kier alpha value is -1.90. The monoisotopic (exact) mass is 217 g/mol. The Labute approximate surface area is 83.0 Å². The van der Waals surface area contributed by atoms with Crippen LogP contribution in [0.3, 0.4) is 0 Å². The lowest BCUT2D eigenvalue weighted by Crippen LogP contribution is -2.09. The summed E-state index contributed by atoms with van der Waals surface area (Å²) in [6.07, 6.45) is -5.27. The summed E-state index contributed by atoms with van der Waals surface area (Å²) < 4.78 is 37.1. The molecule has 6 heteroatoms. The fraction of sp³-hybridized carbons (Fsp3) is 0.222. The third-order valence-corrected chi connectivity index (χ3v) is 1.82. The SMILES string of the molecule is N#CCc1c(C(F)(F)F)ccc(O)c1O. The lowest BCUT2D eigenvalue weighted by Gasteiger charge is -2.12. The lowest BCUT2D eigenvalue weighted by atomic mass is 10.0. The third kappa shape index (κ3) is 2.13. The van der Waals surface area contributed by atoms with Crippen LogP contribution in [0.4, 0.5) is 13.2 Å². The van der Waals surface area contributed by atoms with E-state index in [1.54, 1.807) is 0 Å². The highest BCUT2D eigenvalue weighted by molar-refractivity contribution is 5.50. The summed E-state index contributed by atoms with van der Waals surface area (Å²) in [4.78, 5) is 0. The molecular weight excluding hydrogens is 211 g/mol. The number of nitriles is 1. The maximum atomic E-state index is 12.4. The van der Waals surface area contributed by atoms with Crippen molar-refractivity contribution in [2.45, 2.75) is 12.6 Å². The van der Waals surface area contributed by atoms with E-state index in [2.05, 4.69) is 0 Å². The molecule has 0 atom stereocenters. The third-order valence-electron chi connectivity index (χ3n) is 1.82. The molecule has 0 aromatic heterocycles. The number of rotatable bonds is 1. The van der Waals surface area contributed by atoms with Crippen LogP contribution in [0.25, 0.3) is 0 Å². The predicted octanol–water partition coefficient (Wildman–Crippen LogP) is 2.18. The zero-order chi connectivity index (χ0) is 11.6. The van der Waals surface area contributed by atoms with Crippen LogP contribution >= 0.6 is 0 Å². The van der Waals surface area contributed by atoms with Crippen molar-refractivity contribution in [3.8, 4) is 17.6 Å². The number of alkyl halides is 3. The van der Waals surface area contributed by atoms with E-state index >= 15 is 0 Å². The molecule has 0 spiro atoms. The van der Waals surface area contributed by atoms with Crippen LogP contribution in [-0.4, -0.2) is 10.2 Å². The summed E-state index contributed by atoms with van der Waals surface area (Å²) in [5.41, 5.74) is -1.72. The van der Waals surface area contributed by atoms with Gasteiger partial charge >= 0.3 is 6.18 Å². The van der Waals surface area contributed by atoms with E-state index in [-0.39, 0.29) is 0 Å². The molecule has 1 aromatic carbocycles.